The number of aromatic nitrogens is 1. The molecule has 3 rings (SSSR count). The second kappa shape index (κ2) is 12.8. The Kier molecular flexibility index (Phi) is 10.5. The number of nitrogens with zero attached hydrogens (tertiary/aromatic N) is 3. The summed E-state index contributed by atoms with van der Waals surface area (Å²) in [6.45, 7) is 2.12. The molecule has 6 nitrogen and oxygen atoms in total. The van der Waals surface area contributed by atoms with Gasteiger partial charge in [-0.2, -0.15) is 13.2 Å². The van der Waals surface area contributed by atoms with E-state index >= 15 is 0 Å². The van der Waals surface area contributed by atoms with E-state index in [1.165, 1.54) is 17.8 Å². The number of halogens is 4. The highest BCUT2D eigenvalue weighted by molar-refractivity contribution is 14.0. The standard InChI is InChI=1S/C22H28F3N5O.HI/c1-26-21(28-14-18-7-8-20(27-13-18)31-16-22(23,24)25)29-19-9-11-30(12-10-19)15-17-5-3-2-4-6-17;/h2-8,13,19H,9-12,14-16H2,1H3,(H2,26,28,29);1H. The van der Waals surface area contributed by atoms with Gasteiger partial charge in [-0.15, -0.1) is 24.0 Å². The summed E-state index contributed by atoms with van der Waals surface area (Å²) < 4.78 is 41.2. The Hall–Kier alpha value is -2.08. The van der Waals surface area contributed by atoms with Gasteiger partial charge in [-0.05, 0) is 24.0 Å². The average Bonchev–Trinajstić information content (AvgIpc) is 2.77. The molecule has 176 valence electrons. The molecule has 1 aliphatic rings. The summed E-state index contributed by atoms with van der Waals surface area (Å²) in [4.78, 5) is 10.6. The number of piperidine rings is 1. The van der Waals surface area contributed by atoms with Crippen LogP contribution in [0.3, 0.4) is 0 Å². The molecule has 0 bridgehead atoms. The summed E-state index contributed by atoms with van der Waals surface area (Å²) in [6.07, 6.45) is -0.827. The van der Waals surface area contributed by atoms with Gasteiger partial charge in [0.1, 0.15) is 0 Å². The van der Waals surface area contributed by atoms with E-state index in [2.05, 4.69) is 54.5 Å². The van der Waals surface area contributed by atoms with E-state index in [0.29, 0.717) is 18.5 Å². The number of nitrogens with one attached hydrogen (secondary N) is 2. The number of aliphatic imine (C=N–C) groups is 1. The minimum atomic E-state index is -4.38. The first kappa shape index (κ1) is 26.2. The zero-order chi connectivity index (χ0) is 22.1. The Balaban J connectivity index is 0.00000363. The van der Waals surface area contributed by atoms with E-state index in [4.69, 9.17) is 0 Å². The number of alkyl halides is 3. The molecule has 2 heterocycles. The summed E-state index contributed by atoms with van der Waals surface area (Å²) in [5, 5.41) is 6.67. The van der Waals surface area contributed by atoms with E-state index in [1.807, 2.05) is 6.07 Å². The maximum atomic E-state index is 12.2. The van der Waals surface area contributed by atoms with E-state index in [9.17, 15) is 13.2 Å². The van der Waals surface area contributed by atoms with Crippen molar-refractivity contribution >= 4 is 29.9 Å². The van der Waals surface area contributed by atoms with Crippen LogP contribution in [-0.2, 0) is 13.1 Å². The topological polar surface area (TPSA) is 61.8 Å². The molecule has 1 aromatic carbocycles. The molecule has 2 N–H and O–H groups in total. The van der Waals surface area contributed by atoms with Gasteiger partial charge < -0.3 is 15.4 Å². The third-order valence-electron chi connectivity index (χ3n) is 5.04. The highest BCUT2D eigenvalue weighted by atomic mass is 127. The normalized spacial score (nSPS) is 15.7. The van der Waals surface area contributed by atoms with Crippen molar-refractivity contribution in [2.24, 2.45) is 4.99 Å². The summed E-state index contributed by atoms with van der Waals surface area (Å²) >= 11 is 0. The molecule has 0 amide bonds. The fraction of sp³-hybridized carbons (Fsp3) is 0.455. The van der Waals surface area contributed by atoms with Crippen LogP contribution in [0.4, 0.5) is 13.2 Å². The van der Waals surface area contributed by atoms with Crippen LogP contribution in [0, 0.1) is 0 Å². The first-order valence-electron chi connectivity index (χ1n) is 10.3. The van der Waals surface area contributed by atoms with Gasteiger partial charge in [-0.3, -0.25) is 9.89 Å². The van der Waals surface area contributed by atoms with Crippen molar-refractivity contribution in [1.82, 2.24) is 20.5 Å². The molecule has 1 fully saturated rings. The third kappa shape index (κ3) is 9.19. The van der Waals surface area contributed by atoms with Gasteiger partial charge in [-0.1, -0.05) is 36.4 Å². The van der Waals surface area contributed by atoms with Crippen LogP contribution in [0.25, 0.3) is 0 Å². The molecule has 0 atom stereocenters. The molecule has 1 saturated heterocycles. The fourth-order valence-electron chi connectivity index (χ4n) is 3.41. The van der Waals surface area contributed by atoms with Gasteiger partial charge in [0, 0.05) is 51.5 Å². The molecule has 2 aromatic rings. The van der Waals surface area contributed by atoms with E-state index in [-0.39, 0.29) is 29.9 Å². The predicted octanol–water partition coefficient (Wildman–Crippen LogP) is 3.97. The zero-order valence-electron chi connectivity index (χ0n) is 17.9. The lowest BCUT2D eigenvalue weighted by atomic mass is 10.0. The van der Waals surface area contributed by atoms with Crippen LogP contribution in [0.2, 0.25) is 0 Å². The lowest BCUT2D eigenvalue weighted by Crippen LogP contribution is -2.48. The van der Waals surface area contributed by atoms with Gasteiger partial charge in [0.25, 0.3) is 0 Å². The lowest BCUT2D eigenvalue weighted by molar-refractivity contribution is -0.154. The molecule has 0 saturated carbocycles. The number of benzene rings is 1. The van der Waals surface area contributed by atoms with E-state index in [0.717, 1.165) is 38.0 Å². The van der Waals surface area contributed by atoms with Crippen molar-refractivity contribution in [1.29, 1.82) is 0 Å². The number of hydrogen-bond acceptors (Lipinski definition) is 4. The Labute approximate surface area is 203 Å². The molecule has 0 radical (unpaired) electrons. The Morgan fingerprint density at radius 2 is 1.84 bits per heavy atom. The molecule has 1 aliphatic heterocycles. The van der Waals surface area contributed by atoms with Crippen LogP contribution in [-0.4, -0.2) is 54.8 Å². The van der Waals surface area contributed by atoms with Gasteiger partial charge in [0.05, 0.1) is 0 Å². The van der Waals surface area contributed by atoms with Gasteiger partial charge >= 0.3 is 6.18 Å². The molecule has 10 heteroatoms. The van der Waals surface area contributed by atoms with Crippen LogP contribution >= 0.6 is 24.0 Å². The molecule has 32 heavy (non-hydrogen) atoms. The van der Waals surface area contributed by atoms with E-state index < -0.39 is 12.8 Å². The summed E-state index contributed by atoms with van der Waals surface area (Å²) in [5.41, 5.74) is 2.15. The predicted molar refractivity (Wildman–Crippen MR) is 129 cm³/mol. The van der Waals surface area contributed by atoms with Crippen molar-refractivity contribution in [2.45, 2.75) is 38.1 Å². The number of hydrogen-bond donors (Lipinski definition) is 2. The Morgan fingerprint density at radius 3 is 2.44 bits per heavy atom. The van der Waals surface area contributed by atoms with E-state index in [1.54, 1.807) is 13.1 Å². The number of ether oxygens (including phenoxy) is 1. The maximum absolute atomic E-state index is 12.2. The van der Waals surface area contributed by atoms with Crippen LogP contribution in [0.1, 0.15) is 24.0 Å². The average molecular weight is 563 g/mol. The SMILES string of the molecule is CN=C(NCc1ccc(OCC(F)(F)F)nc1)NC1CCN(Cc2ccccc2)CC1.I. The highest BCUT2D eigenvalue weighted by Crippen LogP contribution is 2.17. The van der Waals surface area contributed by atoms with Crippen molar-refractivity contribution in [2.75, 3.05) is 26.7 Å². The molecular formula is C22H29F3IN5O. The first-order chi connectivity index (χ1) is 14.9. The summed E-state index contributed by atoms with van der Waals surface area (Å²) in [6, 6.07) is 13.9. The van der Waals surface area contributed by atoms with Crippen molar-refractivity contribution in [3.8, 4) is 5.88 Å². The molecule has 0 unspecified atom stereocenters. The number of likely N-dealkylation sites (tertiary alicyclic amines) is 1. The van der Waals surface area contributed by atoms with Gasteiger partial charge in [0.15, 0.2) is 12.6 Å². The maximum Gasteiger partial charge on any atom is 0.422 e. The number of guanidine groups is 1. The second-order valence-corrected chi connectivity index (χ2v) is 7.51. The van der Waals surface area contributed by atoms with Crippen LogP contribution < -0.4 is 15.4 Å². The van der Waals surface area contributed by atoms with Gasteiger partial charge in [-0.25, -0.2) is 4.98 Å². The molecular weight excluding hydrogens is 534 g/mol. The fourth-order valence-corrected chi connectivity index (χ4v) is 3.41. The monoisotopic (exact) mass is 563 g/mol. The lowest BCUT2D eigenvalue weighted by Gasteiger charge is -2.33. The summed E-state index contributed by atoms with van der Waals surface area (Å²) in [7, 11) is 1.71. The molecule has 0 aliphatic carbocycles. The van der Waals surface area contributed by atoms with Crippen LogP contribution in [0.5, 0.6) is 5.88 Å². The van der Waals surface area contributed by atoms with Crippen molar-refractivity contribution < 1.29 is 17.9 Å². The second-order valence-electron chi connectivity index (χ2n) is 7.51. The Morgan fingerprint density at radius 1 is 1.12 bits per heavy atom. The molecule has 1 aromatic heterocycles. The van der Waals surface area contributed by atoms with Gasteiger partial charge in [0.2, 0.25) is 5.88 Å². The smallest absolute Gasteiger partial charge is 0.422 e. The third-order valence-corrected chi connectivity index (χ3v) is 5.04. The minimum Gasteiger partial charge on any atom is -0.468 e. The minimum absolute atomic E-state index is 0. The quantitative estimate of drug-likeness (QED) is 0.304. The van der Waals surface area contributed by atoms with Crippen molar-refractivity contribution in [3.05, 3.63) is 59.8 Å². The number of pyridine rings is 1. The zero-order valence-corrected chi connectivity index (χ0v) is 20.3. The first-order valence-corrected chi connectivity index (χ1v) is 10.3. The largest absolute Gasteiger partial charge is 0.468 e. The highest BCUT2D eigenvalue weighted by Gasteiger charge is 2.28. The Bertz CT molecular complexity index is 826. The van der Waals surface area contributed by atoms with Crippen LogP contribution in [0.15, 0.2) is 53.7 Å². The van der Waals surface area contributed by atoms with Crippen molar-refractivity contribution in [3.63, 3.8) is 0 Å². The molecule has 0 spiro atoms. The number of rotatable bonds is 7. The summed E-state index contributed by atoms with van der Waals surface area (Å²) in [5.74, 6) is 0.643.